The average molecular weight is 272 g/mol. The van der Waals surface area contributed by atoms with Crippen LogP contribution in [0.3, 0.4) is 0 Å². The summed E-state index contributed by atoms with van der Waals surface area (Å²) in [6, 6.07) is 0.759. The molecular formula is C16H33NS. The Hall–Kier alpha value is 0.310. The Morgan fingerprint density at radius 1 is 1.17 bits per heavy atom. The van der Waals surface area contributed by atoms with Crippen molar-refractivity contribution in [1.82, 2.24) is 5.32 Å². The Morgan fingerprint density at radius 2 is 1.89 bits per heavy atom. The lowest BCUT2D eigenvalue weighted by molar-refractivity contribution is 0.462. The van der Waals surface area contributed by atoms with Gasteiger partial charge in [0.15, 0.2) is 0 Å². The van der Waals surface area contributed by atoms with Crippen molar-refractivity contribution < 1.29 is 0 Å². The summed E-state index contributed by atoms with van der Waals surface area (Å²) in [5, 5.41) is 4.72. The second kappa shape index (κ2) is 10.1. The van der Waals surface area contributed by atoms with E-state index < -0.39 is 0 Å². The van der Waals surface area contributed by atoms with Gasteiger partial charge in [-0.2, -0.15) is 11.8 Å². The molecule has 0 aromatic carbocycles. The van der Waals surface area contributed by atoms with Crippen LogP contribution in [0.25, 0.3) is 0 Å². The fourth-order valence-electron chi connectivity index (χ4n) is 2.67. The number of rotatable bonds is 10. The molecule has 2 heteroatoms. The molecule has 0 amide bonds. The smallest absolute Gasteiger partial charge is 0.0158 e. The summed E-state index contributed by atoms with van der Waals surface area (Å²) < 4.78 is 0. The molecule has 0 saturated heterocycles. The average Bonchev–Trinajstić information content (AvgIpc) is 2.84. The highest BCUT2D eigenvalue weighted by molar-refractivity contribution is 7.99. The molecule has 1 fully saturated rings. The van der Waals surface area contributed by atoms with Crippen LogP contribution < -0.4 is 5.32 Å². The van der Waals surface area contributed by atoms with Gasteiger partial charge in [-0.15, -0.1) is 0 Å². The van der Waals surface area contributed by atoms with Crippen LogP contribution in [0.5, 0.6) is 0 Å². The van der Waals surface area contributed by atoms with Gasteiger partial charge >= 0.3 is 0 Å². The third-order valence-corrected chi connectivity index (χ3v) is 5.39. The van der Waals surface area contributed by atoms with Gasteiger partial charge in [-0.05, 0) is 38.1 Å². The van der Waals surface area contributed by atoms with Crippen molar-refractivity contribution in [2.45, 2.75) is 83.4 Å². The van der Waals surface area contributed by atoms with E-state index in [2.05, 4.69) is 37.8 Å². The third-order valence-electron chi connectivity index (χ3n) is 3.85. The summed E-state index contributed by atoms with van der Waals surface area (Å²) in [7, 11) is 0. The minimum atomic E-state index is 0.759. The highest BCUT2D eigenvalue weighted by Crippen LogP contribution is 2.30. The van der Waals surface area contributed by atoms with Crippen molar-refractivity contribution >= 4 is 11.8 Å². The SMILES string of the molecule is CCCNC(CCCC(C)C)CSC1CCCC1. The second-order valence-electron chi connectivity index (χ2n) is 6.22. The van der Waals surface area contributed by atoms with Crippen LogP contribution in [0.15, 0.2) is 0 Å². The molecule has 1 aliphatic rings. The highest BCUT2D eigenvalue weighted by atomic mass is 32.2. The van der Waals surface area contributed by atoms with Crippen LogP contribution in [0.1, 0.15) is 72.1 Å². The molecule has 18 heavy (non-hydrogen) atoms. The Labute approximate surface area is 119 Å². The Morgan fingerprint density at radius 3 is 2.50 bits per heavy atom. The number of hydrogen-bond donors (Lipinski definition) is 1. The normalized spacial score (nSPS) is 18.7. The molecule has 0 aromatic heterocycles. The predicted octanol–water partition coefficient (Wildman–Crippen LogP) is 4.86. The van der Waals surface area contributed by atoms with Crippen LogP contribution in [0.4, 0.5) is 0 Å². The molecule has 0 bridgehead atoms. The number of hydrogen-bond acceptors (Lipinski definition) is 2. The minimum absolute atomic E-state index is 0.759. The molecule has 0 aromatic rings. The van der Waals surface area contributed by atoms with Gasteiger partial charge in [0.2, 0.25) is 0 Å². The van der Waals surface area contributed by atoms with Crippen LogP contribution in [-0.4, -0.2) is 23.6 Å². The lowest BCUT2D eigenvalue weighted by Gasteiger charge is -2.20. The van der Waals surface area contributed by atoms with E-state index >= 15 is 0 Å². The van der Waals surface area contributed by atoms with Crippen LogP contribution in [-0.2, 0) is 0 Å². The lowest BCUT2D eigenvalue weighted by Crippen LogP contribution is -2.32. The molecule has 1 aliphatic carbocycles. The van der Waals surface area contributed by atoms with Crippen molar-refractivity contribution in [3.63, 3.8) is 0 Å². The first-order chi connectivity index (χ1) is 8.72. The molecule has 0 aliphatic heterocycles. The van der Waals surface area contributed by atoms with Gasteiger partial charge < -0.3 is 5.32 Å². The Bertz CT molecular complexity index is 188. The summed E-state index contributed by atoms with van der Waals surface area (Å²) in [6.45, 7) is 8.13. The predicted molar refractivity (Wildman–Crippen MR) is 85.5 cm³/mol. The van der Waals surface area contributed by atoms with Crippen LogP contribution in [0.2, 0.25) is 0 Å². The Kier molecular flexibility index (Phi) is 9.22. The maximum absolute atomic E-state index is 3.75. The molecule has 1 rings (SSSR count). The van der Waals surface area contributed by atoms with Crippen molar-refractivity contribution in [3.8, 4) is 0 Å². The molecule has 1 nitrogen and oxygen atoms in total. The molecule has 0 heterocycles. The summed E-state index contributed by atoms with van der Waals surface area (Å²) >= 11 is 2.24. The van der Waals surface area contributed by atoms with Crippen molar-refractivity contribution in [2.75, 3.05) is 12.3 Å². The number of thioether (sulfide) groups is 1. The molecular weight excluding hydrogens is 238 g/mol. The maximum atomic E-state index is 3.75. The van der Waals surface area contributed by atoms with E-state index in [9.17, 15) is 0 Å². The van der Waals surface area contributed by atoms with Crippen molar-refractivity contribution in [1.29, 1.82) is 0 Å². The largest absolute Gasteiger partial charge is 0.313 e. The maximum Gasteiger partial charge on any atom is 0.0158 e. The van der Waals surface area contributed by atoms with Crippen LogP contribution in [0, 0.1) is 5.92 Å². The van der Waals surface area contributed by atoms with Crippen molar-refractivity contribution in [2.24, 2.45) is 5.92 Å². The van der Waals surface area contributed by atoms with E-state index in [0.29, 0.717) is 0 Å². The summed E-state index contributed by atoms with van der Waals surface area (Å²) in [5.41, 5.74) is 0. The summed E-state index contributed by atoms with van der Waals surface area (Å²) in [4.78, 5) is 0. The van der Waals surface area contributed by atoms with Gasteiger partial charge in [-0.1, -0.05) is 46.5 Å². The Balaban J connectivity index is 2.16. The zero-order chi connectivity index (χ0) is 13.2. The van der Waals surface area contributed by atoms with E-state index in [4.69, 9.17) is 0 Å². The fourth-order valence-corrected chi connectivity index (χ4v) is 4.13. The standard InChI is InChI=1S/C16H33NS/c1-4-12-17-15(9-7-8-14(2)3)13-18-16-10-5-6-11-16/h14-17H,4-13H2,1-3H3. The van der Waals surface area contributed by atoms with E-state index in [-0.39, 0.29) is 0 Å². The minimum Gasteiger partial charge on any atom is -0.313 e. The van der Waals surface area contributed by atoms with Gasteiger partial charge in [0, 0.05) is 17.0 Å². The van der Waals surface area contributed by atoms with E-state index in [1.807, 2.05) is 0 Å². The summed E-state index contributed by atoms with van der Waals surface area (Å²) in [6.07, 6.45) is 11.3. The topological polar surface area (TPSA) is 12.0 Å². The van der Waals surface area contributed by atoms with E-state index in [1.54, 1.807) is 0 Å². The first kappa shape index (κ1) is 16.4. The lowest BCUT2D eigenvalue weighted by atomic mass is 10.0. The number of nitrogens with one attached hydrogen (secondary N) is 1. The summed E-state index contributed by atoms with van der Waals surface area (Å²) in [5.74, 6) is 2.20. The molecule has 1 saturated carbocycles. The zero-order valence-electron chi connectivity index (χ0n) is 12.7. The zero-order valence-corrected chi connectivity index (χ0v) is 13.5. The van der Waals surface area contributed by atoms with Crippen LogP contribution >= 0.6 is 11.8 Å². The first-order valence-corrected chi connectivity index (χ1v) is 9.12. The van der Waals surface area contributed by atoms with Gasteiger partial charge in [-0.25, -0.2) is 0 Å². The molecule has 0 spiro atoms. The fraction of sp³-hybridized carbons (Fsp3) is 1.00. The molecule has 0 radical (unpaired) electrons. The van der Waals surface area contributed by atoms with Crippen molar-refractivity contribution in [3.05, 3.63) is 0 Å². The monoisotopic (exact) mass is 271 g/mol. The van der Waals surface area contributed by atoms with E-state index in [1.165, 1.54) is 63.7 Å². The molecule has 1 N–H and O–H groups in total. The quantitative estimate of drug-likeness (QED) is 0.609. The van der Waals surface area contributed by atoms with E-state index in [0.717, 1.165) is 17.2 Å². The van der Waals surface area contributed by atoms with Gasteiger partial charge in [0.05, 0.1) is 0 Å². The van der Waals surface area contributed by atoms with Gasteiger partial charge in [0.1, 0.15) is 0 Å². The van der Waals surface area contributed by atoms with Gasteiger partial charge in [0.25, 0.3) is 0 Å². The second-order valence-corrected chi connectivity index (χ2v) is 7.55. The molecule has 1 unspecified atom stereocenters. The molecule has 1 atom stereocenters. The van der Waals surface area contributed by atoms with Gasteiger partial charge in [-0.3, -0.25) is 0 Å². The molecule has 108 valence electrons. The first-order valence-electron chi connectivity index (χ1n) is 8.07. The highest BCUT2D eigenvalue weighted by Gasteiger charge is 2.17. The third kappa shape index (κ3) is 7.68.